The molecule has 0 aromatic carbocycles. The highest BCUT2D eigenvalue weighted by atomic mass is 16.8. The van der Waals surface area contributed by atoms with E-state index in [0.717, 1.165) is 13.8 Å². The van der Waals surface area contributed by atoms with E-state index in [1.807, 2.05) is 0 Å². The average Bonchev–Trinajstić information content (AvgIpc) is 3.09. The smallest absolute Gasteiger partial charge is 0.335 e. The maximum absolute atomic E-state index is 12.5. The van der Waals surface area contributed by atoms with Crippen LogP contribution in [0.5, 0.6) is 0 Å². The lowest BCUT2D eigenvalue weighted by atomic mass is 9.94. The molecule has 4 aliphatic rings. The normalized spacial score (nSPS) is 46.4. The number of aliphatic carboxylic acids is 1. The minimum Gasteiger partial charge on any atom is -0.479 e. The van der Waals surface area contributed by atoms with Gasteiger partial charge in [0.05, 0.1) is 18.8 Å². The predicted octanol–water partition coefficient (Wildman–Crippen LogP) is -5.45. The summed E-state index contributed by atoms with van der Waals surface area (Å²) in [5, 5.41) is 97.6. The minimum atomic E-state index is -2.16. The largest absolute Gasteiger partial charge is 0.479 e. The van der Waals surface area contributed by atoms with Gasteiger partial charge in [0.15, 0.2) is 43.5 Å². The van der Waals surface area contributed by atoms with Gasteiger partial charge in [-0.2, -0.15) is 0 Å². The highest BCUT2D eigenvalue weighted by Gasteiger charge is 2.57. The summed E-state index contributed by atoms with van der Waals surface area (Å²) in [6.07, 6.45) is -31.6. The molecule has 0 saturated carbocycles. The Balaban J connectivity index is 1.63. The van der Waals surface area contributed by atoms with Crippen molar-refractivity contribution in [2.45, 2.75) is 164 Å². The molecule has 53 heavy (non-hydrogen) atoms. The van der Waals surface area contributed by atoms with Crippen LogP contribution in [-0.2, 0) is 57.0 Å². The summed E-state index contributed by atoms with van der Waals surface area (Å²) in [6.45, 7) is 6.06. The Labute approximate surface area is 303 Å². The van der Waals surface area contributed by atoms with E-state index in [0.29, 0.717) is 6.42 Å². The van der Waals surface area contributed by atoms with Gasteiger partial charge < -0.3 is 93.9 Å². The first-order chi connectivity index (χ1) is 24.9. The number of carboxylic acid groups (broad SMARTS) is 1. The maximum atomic E-state index is 12.5. The minimum absolute atomic E-state index is 0.132. The van der Waals surface area contributed by atoms with Crippen LogP contribution in [0.15, 0.2) is 0 Å². The number of carboxylic acids is 1. The van der Waals surface area contributed by atoms with Gasteiger partial charge in [-0.05, 0) is 20.3 Å². The SMILES string of the molecule is CCCOC1OC(C)C(O)C(OC(C)=O)C1OC1OC(CO)C(O)C(OC2OC(C(=O)O)C(O[C@@H]3O[C@@H](C)C(O)C(O)C3O)C(O)C2O)C1NC(C)=O. The summed E-state index contributed by atoms with van der Waals surface area (Å²) in [5.41, 5.74) is 0. The van der Waals surface area contributed by atoms with Crippen LogP contribution in [0, 0.1) is 0 Å². The van der Waals surface area contributed by atoms with E-state index in [9.17, 15) is 60.3 Å². The number of amides is 1. The van der Waals surface area contributed by atoms with E-state index in [1.54, 1.807) is 6.92 Å². The van der Waals surface area contributed by atoms with Crippen LogP contribution in [-0.4, -0.2) is 200 Å². The number of esters is 1. The van der Waals surface area contributed by atoms with Crippen LogP contribution in [0.4, 0.5) is 0 Å². The zero-order chi connectivity index (χ0) is 39.5. The van der Waals surface area contributed by atoms with Crippen LogP contribution >= 0.6 is 0 Å². The maximum Gasteiger partial charge on any atom is 0.335 e. The number of nitrogens with one attached hydrogen (secondary N) is 1. The lowest BCUT2D eigenvalue weighted by Gasteiger charge is -2.50. The fraction of sp³-hybridized carbons (Fsp3) is 0.903. The number of carbonyl (C=O) groups excluding carboxylic acids is 2. The fourth-order valence-electron chi connectivity index (χ4n) is 6.45. The number of aliphatic hydroxyl groups excluding tert-OH is 8. The Kier molecular flexibility index (Phi) is 15.3. The highest BCUT2D eigenvalue weighted by molar-refractivity contribution is 5.74. The number of hydrogen-bond acceptors (Lipinski definition) is 20. The molecular formula is C31H51NO21. The van der Waals surface area contributed by atoms with Crippen molar-refractivity contribution in [1.29, 1.82) is 0 Å². The molecule has 10 N–H and O–H groups in total. The molecule has 18 unspecified atom stereocenters. The molecule has 4 heterocycles. The Morgan fingerprint density at radius 1 is 0.642 bits per heavy atom. The molecule has 306 valence electrons. The van der Waals surface area contributed by atoms with Crippen molar-refractivity contribution in [3.63, 3.8) is 0 Å². The van der Waals surface area contributed by atoms with Gasteiger partial charge in [0, 0.05) is 20.5 Å². The lowest BCUT2D eigenvalue weighted by Crippen LogP contribution is -2.70. The van der Waals surface area contributed by atoms with Gasteiger partial charge in [0.1, 0.15) is 67.1 Å². The summed E-state index contributed by atoms with van der Waals surface area (Å²) in [6, 6.07) is -1.59. The Bertz CT molecular complexity index is 1230. The topological polar surface area (TPSA) is 328 Å². The summed E-state index contributed by atoms with van der Waals surface area (Å²) in [7, 11) is 0. The van der Waals surface area contributed by atoms with Crippen molar-refractivity contribution in [2.75, 3.05) is 13.2 Å². The number of carbonyl (C=O) groups is 3. The second-order valence-electron chi connectivity index (χ2n) is 13.3. The van der Waals surface area contributed by atoms with Crippen LogP contribution in [0.3, 0.4) is 0 Å². The van der Waals surface area contributed by atoms with E-state index >= 15 is 0 Å². The molecule has 0 aliphatic carbocycles. The third-order valence-electron chi connectivity index (χ3n) is 9.24. The molecule has 0 spiro atoms. The van der Waals surface area contributed by atoms with Gasteiger partial charge in [-0.25, -0.2) is 4.79 Å². The van der Waals surface area contributed by atoms with Gasteiger partial charge in [-0.15, -0.1) is 0 Å². The third-order valence-corrected chi connectivity index (χ3v) is 9.24. The van der Waals surface area contributed by atoms with E-state index in [2.05, 4.69) is 5.32 Å². The first kappa shape index (κ1) is 43.5. The van der Waals surface area contributed by atoms with Crippen LogP contribution in [0.25, 0.3) is 0 Å². The Morgan fingerprint density at radius 2 is 1.21 bits per heavy atom. The van der Waals surface area contributed by atoms with Gasteiger partial charge in [-0.3, -0.25) is 9.59 Å². The Hall–Kier alpha value is -2.23. The van der Waals surface area contributed by atoms with Crippen LogP contribution < -0.4 is 5.32 Å². The number of hydrogen-bond donors (Lipinski definition) is 10. The molecular weight excluding hydrogens is 722 g/mol. The van der Waals surface area contributed by atoms with E-state index in [1.165, 1.54) is 13.8 Å². The first-order valence-electron chi connectivity index (χ1n) is 17.2. The summed E-state index contributed by atoms with van der Waals surface area (Å²) in [4.78, 5) is 36.9. The highest BCUT2D eigenvalue weighted by Crippen LogP contribution is 2.35. The number of aliphatic hydroxyl groups is 8. The summed E-state index contributed by atoms with van der Waals surface area (Å²) < 4.78 is 51.1. The van der Waals surface area contributed by atoms with Crippen molar-refractivity contribution in [3.05, 3.63) is 0 Å². The zero-order valence-corrected chi connectivity index (χ0v) is 29.6. The molecule has 4 aliphatic heterocycles. The number of ether oxygens (including phenoxy) is 9. The molecule has 0 radical (unpaired) electrons. The van der Waals surface area contributed by atoms with Gasteiger partial charge in [0.2, 0.25) is 5.91 Å². The molecule has 22 heteroatoms. The molecule has 1 amide bonds. The first-order valence-corrected chi connectivity index (χ1v) is 17.2. The van der Waals surface area contributed by atoms with Crippen molar-refractivity contribution in [1.82, 2.24) is 5.32 Å². The van der Waals surface area contributed by atoms with Crippen molar-refractivity contribution >= 4 is 17.8 Å². The van der Waals surface area contributed by atoms with Gasteiger partial charge >= 0.3 is 11.9 Å². The molecule has 0 bridgehead atoms. The third kappa shape index (κ3) is 9.78. The fourth-order valence-corrected chi connectivity index (χ4v) is 6.45. The average molecular weight is 774 g/mol. The molecule has 4 rings (SSSR count). The second-order valence-corrected chi connectivity index (χ2v) is 13.3. The summed E-state index contributed by atoms with van der Waals surface area (Å²) in [5.74, 6) is -3.30. The Morgan fingerprint density at radius 3 is 1.79 bits per heavy atom. The monoisotopic (exact) mass is 773 g/mol. The second kappa shape index (κ2) is 18.6. The molecule has 4 saturated heterocycles. The molecule has 0 aromatic rings. The van der Waals surface area contributed by atoms with Crippen molar-refractivity contribution in [3.8, 4) is 0 Å². The van der Waals surface area contributed by atoms with Crippen molar-refractivity contribution < 1.29 is 103 Å². The summed E-state index contributed by atoms with van der Waals surface area (Å²) >= 11 is 0. The van der Waals surface area contributed by atoms with Gasteiger partial charge in [-0.1, -0.05) is 6.92 Å². The molecule has 20 atom stereocenters. The molecule has 0 aromatic heterocycles. The van der Waals surface area contributed by atoms with E-state index in [4.69, 9.17) is 42.6 Å². The van der Waals surface area contributed by atoms with Crippen LogP contribution in [0.1, 0.15) is 41.0 Å². The standard InChI is InChI=1S/C31H51NO21/c1-6-7-45-31-26(23(48-12(5)35)16(37)10(3)47-31)53-28-14(32-11(4)34)22(17(38)13(8-33)49-28)50-30-21(42)19(40)24(25(52-30)27(43)44)51-29-20(41)18(39)15(36)9(2)46-29/h9-10,13-26,28-31,33,36-42H,6-8H2,1-5H3,(H,32,34)(H,43,44)/t9-,10?,13?,14?,15?,16?,17?,18?,19?,20?,21?,22?,23?,24?,25?,26?,28?,29-,30?,31?/m0/s1. The quantitative estimate of drug-likeness (QED) is 0.0781. The molecule has 4 fully saturated rings. The van der Waals surface area contributed by atoms with Gasteiger partial charge in [0.25, 0.3) is 0 Å². The number of rotatable bonds is 13. The predicted molar refractivity (Wildman–Crippen MR) is 167 cm³/mol. The van der Waals surface area contributed by atoms with E-state index in [-0.39, 0.29) is 6.61 Å². The van der Waals surface area contributed by atoms with Crippen LogP contribution in [0.2, 0.25) is 0 Å². The van der Waals surface area contributed by atoms with Crippen molar-refractivity contribution in [2.24, 2.45) is 0 Å². The lowest BCUT2D eigenvalue weighted by molar-refractivity contribution is -0.376. The molecule has 22 nitrogen and oxygen atoms in total. The van der Waals surface area contributed by atoms with E-state index < -0.39 is 147 Å². The zero-order valence-electron chi connectivity index (χ0n) is 29.6.